The quantitative estimate of drug-likeness (QED) is 0.820. The van der Waals surface area contributed by atoms with E-state index in [1.165, 1.54) is 14.2 Å². The summed E-state index contributed by atoms with van der Waals surface area (Å²) >= 11 is 0. The lowest BCUT2D eigenvalue weighted by Crippen LogP contribution is -2.28. The summed E-state index contributed by atoms with van der Waals surface area (Å²) in [5.41, 5.74) is 0. The maximum atomic E-state index is 14.0. The van der Waals surface area contributed by atoms with Crippen molar-refractivity contribution in [3.63, 3.8) is 0 Å². The van der Waals surface area contributed by atoms with Crippen LogP contribution in [0.15, 0.2) is 35.7 Å². The van der Waals surface area contributed by atoms with Crippen LogP contribution in [0, 0.1) is 5.82 Å². The fourth-order valence-electron chi connectivity index (χ4n) is 1.85. The van der Waals surface area contributed by atoms with Gasteiger partial charge in [-0.2, -0.15) is 0 Å². The first-order chi connectivity index (χ1) is 10.5. The Hall–Kier alpha value is -2.13. The van der Waals surface area contributed by atoms with Crippen LogP contribution in [0.25, 0.3) is 0 Å². The minimum Gasteiger partial charge on any atom is -0.493 e. The van der Waals surface area contributed by atoms with Gasteiger partial charge in [-0.1, -0.05) is 0 Å². The van der Waals surface area contributed by atoms with E-state index in [0.29, 0.717) is 6.54 Å². The predicted octanol–water partition coefficient (Wildman–Crippen LogP) is 1.02. The molecule has 120 valence electrons. The van der Waals surface area contributed by atoms with Crippen LogP contribution in [0.4, 0.5) is 4.39 Å². The van der Waals surface area contributed by atoms with Crippen LogP contribution >= 0.6 is 0 Å². The third-order valence-corrected chi connectivity index (χ3v) is 4.42. The van der Waals surface area contributed by atoms with Gasteiger partial charge >= 0.3 is 0 Å². The van der Waals surface area contributed by atoms with Crippen LogP contribution in [-0.2, 0) is 16.6 Å². The van der Waals surface area contributed by atoms with Crippen LogP contribution in [0.2, 0.25) is 0 Å². The van der Waals surface area contributed by atoms with E-state index in [-0.39, 0.29) is 18.0 Å². The molecule has 0 radical (unpaired) electrons. The summed E-state index contributed by atoms with van der Waals surface area (Å²) in [5.74, 6) is -0.649. The van der Waals surface area contributed by atoms with Gasteiger partial charge in [0.25, 0.3) is 0 Å². The van der Waals surface area contributed by atoms with E-state index >= 15 is 0 Å². The Balaban J connectivity index is 2.17. The molecule has 0 unspecified atom stereocenters. The molecule has 0 saturated heterocycles. The fourth-order valence-corrected chi connectivity index (χ4v) is 2.94. The Morgan fingerprint density at radius 3 is 2.55 bits per heavy atom. The normalized spacial score (nSPS) is 11.4. The van der Waals surface area contributed by atoms with Gasteiger partial charge in [-0.15, -0.1) is 0 Å². The van der Waals surface area contributed by atoms with Crippen molar-refractivity contribution in [1.82, 2.24) is 14.3 Å². The molecule has 0 spiro atoms. The molecule has 0 amide bonds. The number of aromatic nitrogens is 2. The average Bonchev–Trinajstić information content (AvgIpc) is 2.99. The third-order valence-electron chi connectivity index (χ3n) is 2.95. The topological polar surface area (TPSA) is 82.5 Å². The Morgan fingerprint density at radius 2 is 1.95 bits per heavy atom. The zero-order valence-corrected chi connectivity index (χ0v) is 12.9. The first kappa shape index (κ1) is 16.2. The molecule has 0 fully saturated rings. The molecule has 1 aromatic carbocycles. The molecule has 9 heteroatoms. The largest absolute Gasteiger partial charge is 0.493 e. The Labute approximate surface area is 127 Å². The van der Waals surface area contributed by atoms with Crippen LogP contribution < -0.4 is 14.2 Å². The number of hydrogen-bond donors (Lipinski definition) is 1. The van der Waals surface area contributed by atoms with E-state index < -0.39 is 20.7 Å². The Kier molecular flexibility index (Phi) is 4.99. The van der Waals surface area contributed by atoms with Crippen molar-refractivity contribution >= 4 is 10.0 Å². The smallest absolute Gasteiger partial charge is 0.243 e. The molecule has 0 saturated carbocycles. The summed E-state index contributed by atoms with van der Waals surface area (Å²) < 4.78 is 52.3. The van der Waals surface area contributed by atoms with Gasteiger partial charge in [-0.25, -0.2) is 22.5 Å². The van der Waals surface area contributed by atoms with E-state index in [1.807, 2.05) is 0 Å². The van der Waals surface area contributed by atoms with E-state index in [4.69, 9.17) is 9.47 Å². The van der Waals surface area contributed by atoms with Crippen LogP contribution in [0.1, 0.15) is 0 Å². The van der Waals surface area contributed by atoms with E-state index in [9.17, 15) is 12.8 Å². The molecular formula is C13H16FN3O4S. The molecule has 0 bridgehead atoms. The predicted molar refractivity (Wildman–Crippen MR) is 76.9 cm³/mol. The monoisotopic (exact) mass is 329 g/mol. The molecule has 0 aliphatic heterocycles. The lowest BCUT2D eigenvalue weighted by atomic mass is 10.3. The summed E-state index contributed by atoms with van der Waals surface area (Å²) in [6.07, 6.45) is 4.85. The van der Waals surface area contributed by atoms with Crippen molar-refractivity contribution in [2.45, 2.75) is 11.4 Å². The Bertz CT molecular complexity index is 732. The zero-order valence-electron chi connectivity index (χ0n) is 12.1. The molecule has 0 atom stereocenters. The van der Waals surface area contributed by atoms with Gasteiger partial charge in [-0.05, 0) is 0 Å². The van der Waals surface area contributed by atoms with Crippen molar-refractivity contribution in [2.75, 3.05) is 20.8 Å². The molecule has 1 aromatic heterocycles. The third kappa shape index (κ3) is 3.55. The van der Waals surface area contributed by atoms with Gasteiger partial charge in [0.15, 0.2) is 11.5 Å². The molecule has 1 heterocycles. The first-order valence-electron chi connectivity index (χ1n) is 6.35. The highest BCUT2D eigenvalue weighted by Gasteiger charge is 2.22. The number of nitrogens with one attached hydrogen (secondary N) is 1. The van der Waals surface area contributed by atoms with Crippen molar-refractivity contribution in [3.8, 4) is 11.5 Å². The number of ether oxygens (including phenoxy) is 2. The number of rotatable bonds is 7. The first-order valence-corrected chi connectivity index (χ1v) is 7.83. The number of imidazole rings is 1. The van der Waals surface area contributed by atoms with Crippen LogP contribution in [0.5, 0.6) is 11.5 Å². The van der Waals surface area contributed by atoms with E-state index in [0.717, 1.165) is 12.1 Å². The molecule has 0 aliphatic rings. The van der Waals surface area contributed by atoms with Crippen molar-refractivity contribution < 1.29 is 22.3 Å². The number of methoxy groups -OCH3 is 2. The van der Waals surface area contributed by atoms with E-state index in [1.54, 1.807) is 23.3 Å². The second-order valence-electron chi connectivity index (χ2n) is 4.34. The summed E-state index contributed by atoms with van der Waals surface area (Å²) in [7, 11) is -1.31. The van der Waals surface area contributed by atoms with Crippen LogP contribution in [-0.4, -0.2) is 38.7 Å². The number of benzene rings is 1. The number of halogens is 1. The number of nitrogens with zero attached hydrogens (tertiary/aromatic N) is 2. The minimum absolute atomic E-state index is 0.104. The minimum atomic E-state index is -4.00. The second-order valence-corrected chi connectivity index (χ2v) is 6.07. The number of hydrogen-bond acceptors (Lipinski definition) is 5. The highest BCUT2D eigenvalue weighted by molar-refractivity contribution is 7.89. The highest BCUT2D eigenvalue weighted by Crippen LogP contribution is 2.31. The standard InChI is InChI=1S/C13H16FN3O4S/c1-20-11-7-10(14)13(8-12(11)21-2)22(18,19)16-4-6-17-5-3-15-9-17/h3,5,7-9,16H,4,6H2,1-2H3. The van der Waals surface area contributed by atoms with Gasteiger partial charge in [0.1, 0.15) is 10.7 Å². The zero-order chi connectivity index (χ0) is 16.2. The van der Waals surface area contributed by atoms with Crippen molar-refractivity contribution in [2.24, 2.45) is 0 Å². The SMILES string of the molecule is COc1cc(F)c(S(=O)(=O)NCCn2ccnc2)cc1OC. The lowest BCUT2D eigenvalue weighted by Gasteiger charge is -2.12. The fraction of sp³-hybridized carbons (Fsp3) is 0.308. The van der Waals surface area contributed by atoms with Gasteiger partial charge in [0.2, 0.25) is 10.0 Å². The van der Waals surface area contributed by atoms with Gasteiger partial charge in [-0.3, -0.25) is 0 Å². The van der Waals surface area contributed by atoms with Crippen molar-refractivity contribution in [3.05, 3.63) is 36.7 Å². The molecular weight excluding hydrogens is 313 g/mol. The van der Waals surface area contributed by atoms with Gasteiger partial charge < -0.3 is 14.0 Å². The lowest BCUT2D eigenvalue weighted by molar-refractivity contribution is 0.350. The maximum Gasteiger partial charge on any atom is 0.243 e. The summed E-state index contributed by atoms with van der Waals surface area (Å²) in [6, 6.07) is 2.07. The van der Waals surface area contributed by atoms with Crippen LogP contribution in [0.3, 0.4) is 0 Å². The average molecular weight is 329 g/mol. The Morgan fingerprint density at radius 1 is 1.27 bits per heavy atom. The summed E-state index contributed by atoms with van der Waals surface area (Å²) in [6.45, 7) is 0.487. The van der Waals surface area contributed by atoms with Gasteiger partial charge in [0, 0.05) is 37.6 Å². The summed E-state index contributed by atoms with van der Waals surface area (Å²) in [5, 5.41) is 0. The molecule has 22 heavy (non-hydrogen) atoms. The number of sulfonamides is 1. The maximum absolute atomic E-state index is 14.0. The summed E-state index contributed by atoms with van der Waals surface area (Å²) in [4.78, 5) is 3.36. The van der Waals surface area contributed by atoms with E-state index in [2.05, 4.69) is 9.71 Å². The molecule has 2 aromatic rings. The molecule has 1 N–H and O–H groups in total. The second kappa shape index (κ2) is 6.75. The van der Waals surface area contributed by atoms with Crippen molar-refractivity contribution in [1.29, 1.82) is 0 Å². The van der Waals surface area contributed by atoms with Gasteiger partial charge in [0.05, 0.1) is 20.5 Å². The highest BCUT2D eigenvalue weighted by atomic mass is 32.2. The molecule has 7 nitrogen and oxygen atoms in total. The molecule has 2 rings (SSSR count). The molecule has 0 aliphatic carbocycles.